The molecule has 0 aliphatic rings. The van der Waals surface area contributed by atoms with Gasteiger partial charge in [-0.3, -0.25) is 9.52 Å². The summed E-state index contributed by atoms with van der Waals surface area (Å²) in [6.45, 7) is 5.41. The highest BCUT2D eigenvalue weighted by Crippen LogP contribution is 2.25. The number of carbonyl (C=O) groups is 1. The zero-order valence-corrected chi connectivity index (χ0v) is 19.9. The number of thiophene rings is 1. The molecule has 0 atom stereocenters. The number of aromatic nitrogens is 4. The maximum absolute atomic E-state index is 12.9. The molecule has 0 aliphatic carbocycles. The molecule has 1 amide bonds. The van der Waals surface area contributed by atoms with Crippen molar-refractivity contribution in [2.75, 3.05) is 10.0 Å². The van der Waals surface area contributed by atoms with E-state index in [-0.39, 0.29) is 11.4 Å². The lowest BCUT2D eigenvalue weighted by Gasteiger charge is -2.14. The van der Waals surface area contributed by atoms with E-state index in [1.54, 1.807) is 19.1 Å². The van der Waals surface area contributed by atoms with Gasteiger partial charge in [-0.05, 0) is 66.8 Å². The van der Waals surface area contributed by atoms with Crippen LogP contribution in [0.25, 0.3) is 10.7 Å². The van der Waals surface area contributed by atoms with Gasteiger partial charge < -0.3 is 5.32 Å². The molecule has 33 heavy (non-hydrogen) atoms. The molecule has 11 heteroatoms. The second-order valence-electron chi connectivity index (χ2n) is 7.57. The maximum atomic E-state index is 12.9. The van der Waals surface area contributed by atoms with E-state index in [0.29, 0.717) is 17.2 Å². The third-order valence-corrected chi connectivity index (χ3v) is 7.13. The van der Waals surface area contributed by atoms with E-state index in [9.17, 15) is 13.2 Å². The van der Waals surface area contributed by atoms with Gasteiger partial charge in [-0.15, -0.1) is 21.5 Å². The molecular weight excluding hydrogens is 460 g/mol. The summed E-state index contributed by atoms with van der Waals surface area (Å²) >= 11 is 1.48. The van der Waals surface area contributed by atoms with Crippen molar-refractivity contribution in [3.63, 3.8) is 0 Å². The van der Waals surface area contributed by atoms with Gasteiger partial charge in [0.15, 0.2) is 0 Å². The molecule has 0 saturated carbocycles. The van der Waals surface area contributed by atoms with Crippen LogP contribution in [-0.4, -0.2) is 34.5 Å². The van der Waals surface area contributed by atoms with Gasteiger partial charge in [0.25, 0.3) is 10.0 Å². The molecule has 2 aromatic heterocycles. The van der Waals surface area contributed by atoms with Crippen LogP contribution in [0.15, 0.2) is 58.8 Å². The zero-order valence-electron chi connectivity index (χ0n) is 18.2. The van der Waals surface area contributed by atoms with Crippen LogP contribution in [0.5, 0.6) is 0 Å². The highest BCUT2D eigenvalue weighted by Gasteiger charge is 2.18. The van der Waals surface area contributed by atoms with Crippen molar-refractivity contribution >= 4 is 38.6 Å². The van der Waals surface area contributed by atoms with Crippen LogP contribution >= 0.6 is 11.3 Å². The van der Waals surface area contributed by atoms with Gasteiger partial charge in [-0.2, -0.15) is 4.80 Å². The topological polar surface area (TPSA) is 119 Å². The Hall–Kier alpha value is -3.57. The van der Waals surface area contributed by atoms with E-state index in [4.69, 9.17) is 0 Å². The second-order valence-corrected chi connectivity index (χ2v) is 10.2. The number of rotatable bonds is 7. The third-order valence-electron chi connectivity index (χ3n) is 4.90. The molecule has 0 fully saturated rings. The average molecular weight is 483 g/mol. The molecule has 0 unspecified atom stereocenters. The number of aryl methyl sites for hydroxylation is 3. The molecule has 4 aromatic rings. The van der Waals surface area contributed by atoms with Crippen molar-refractivity contribution in [1.29, 1.82) is 0 Å². The Morgan fingerprint density at radius 3 is 2.58 bits per heavy atom. The van der Waals surface area contributed by atoms with Crippen LogP contribution in [-0.2, 0) is 21.4 Å². The van der Waals surface area contributed by atoms with Crippen molar-refractivity contribution in [1.82, 2.24) is 20.2 Å². The van der Waals surface area contributed by atoms with E-state index in [2.05, 4.69) is 25.4 Å². The largest absolute Gasteiger partial charge is 0.324 e. The van der Waals surface area contributed by atoms with E-state index < -0.39 is 15.9 Å². The van der Waals surface area contributed by atoms with Crippen molar-refractivity contribution in [2.24, 2.45) is 0 Å². The first-order valence-electron chi connectivity index (χ1n) is 10.0. The van der Waals surface area contributed by atoms with Crippen LogP contribution in [0.1, 0.15) is 16.7 Å². The van der Waals surface area contributed by atoms with E-state index in [1.807, 2.05) is 43.5 Å². The van der Waals surface area contributed by atoms with Crippen molar-refractivity contribution in [3.8, 4) is 10.7 Å². The summed E-state index contributed by atoms with van der Waals surface area (Å²) in [6.07, 6.45) is 0. The van der Waals surface area contributed by atoms with Gasteiger partial charge >= 0.3 is 0 Å². The zero-order chi connectivity index (χ0) is 23.6. The minimum Gasteiger partial charge on any atom is -0.324 e. The fourth-order valence-corrected chi connectivity index (χ4v) is 4.97. The smallest absolute Gasteiger partial charge is 0.261 e. The Labute approximate surface area is 195 Å². The molecule has 0 bridgehead atoms. The first kappa shape index (κ1) is 22.6. The van der Waals surface area contributed by atoms with Gasteiger partial charge in [-0.1, -0.05) is 29.8 Å². The lowest BCUT2D eigenvalue weighted by molar-refractivity contribution is -0.117. The predicted molar refractivity (Wildman–Crippen MR) is 128 cm³/mol. The summed E-state index contributed by atoms with van der Waals surface area (Å²) in [5.41, 5.74) is 3.48. The fraction of sp³-hybridized carbons (Fsp3) is 0.182. The number of anilines is 2. The van der Waals surface area contributed by atoms with Crippen molar-refractivity contribution in [2.45, 2.75) is 32.2 Å². The van der Waals surface area contributed by atoms with Crippen molar-refractivity contribution < 1.29 is 13.2 Å². The molecule has 170 valence electrons. The van der Waals surface area contributed by atoms with Gasteiger partial charge in [0.2, 0.25) is 11.7 Å². The number of nitrogens with zero attached hydrogens (tertiary/aromatic N) is 4. The summed E-state index contributed by atoms with van der Waals surface area (Å²) in [5, 5.41) is 16.7. The maximum Gasteiger partial charge on any atom is 0.261 e. The Morgan fingerprint density at radius 2 is 1.85 bits per heavy atom. The molecule has 4 rings (SSSR count). The van der Waals surface area contributed by atoms with Crippen LogP contribution in [0.2, 0.25) is 0 Å². The van der Waals surface area contributed by atoms with Crippen molar-refractivity contribution in [3.05, 3.63) is 70.6 Å². The van der Waals surface area contributed by atoms with E-state index in [1.165, 1.54) is 28.3 Å². The molecule has 0 saturated heterocycles. The molecule has 2 aromatic carbocycles. The molecule has 0 radical (unpaired) electrons. The van der Waals surface area contributed by atoms with E-state index in [0.717, 1.165) is 21.6 Å². The Bertz CT molecular complexity index is 1410. The molecule has 0 aliphatic heterocycles. The molecule has 9 nitrogen and oxygen atoms in total. The lowest BCUT2D eigenvalue weighted by atomic mass is 10.1. The van der Waals surface area contributed by atoms with E-state index >= 15 is 0 Å². The number of nitrogens with one attached hydrogen (secondary N) is 2. The Balaban J connectivity index is 1.49. The number of tetrazole rings is 1. The summed E-state index contributed by atoms with van der Waals surface area (Å²) in [4.78, 5) is 14.6. The summed E-state index contributed by atoms with van der Waals surface area (Å²) in [7, 11) is -3.84. The van der Waals surface area contributed by atoms with Crippen LogP contribution in [0.3, 0.4) is 0 Å². The van der Waals surface area contributed by atoms with Gasteiger partial charge in [0, 0.05) is 5.69 Å². The minimum atomic E-state index is -3.84. The van der Waals surface area contributed by atoms with Crippen LogP contribution in [0.4, 0.5) is 11.4 Å². The molecule has 2 heterocycles. The predicted octanol–water partition coefficient (Wildman–Crippen LogP) is 3.77. The third kappa shape index (κ3) is 5.26. The number of carbonyl (C=O) groups excluding carboxylic acids is 1. The fourth-order valence-electron chi connectivity index (χ4n) is 3.17. The molecule has 2 N–H and O–H groups in total. The standard InChI is InChI=1S/C22H22N6O3S2/c1-14-6-9-18(16(3)11-14)26-33(30,31)17-8-7-15(2)19(12-17)23-21(29)13-28-25-22(24-27-28)20-5-4-10-32-20/h4-12,26H,13H2,1-3H3,(H,23,29). The highest BCUT2D eigenvalue weighted by molar-refractivity contribution is 7.92. The van der Waals surface area contributed by atoms with Gasteiger partial charge in [0.1, 0.15) is 6.54 Å². The SMILES string of the molecule is Cc1ccc(NS(=O)(=O)c2ccc(C)c(NC(=O)Cn3nnc(-c4cccs4)n3)c2)c(C)c1. The molecule has 0 spiro atoms. The average Bonchev–Trinajstić information content (AvgIpc) is 3.43. The number of hydrogen-bond acceptors (Lipinski definition) is 7. The van der Waals surface area contributed by atoms with Gasteiger partial charge in [0.05, 0.1) is 15.5 Å². The number of hydrogen-bond donors (Lipinski definition) is 2. The summed E-state index contributed by atoms with van der Waals surface area (Å²) in [5.74, 6) is 0.0460. The Morgan fingerprint density at radius 1 is 1.03 bits per heavy atom. The summed E-state index contributed by atoms with van der Waals surface area (Å²) < 4.78 is 28.5. The Kier molecular flexibility index (Phi) is 6.25. The first-order chi connectivity index (χ1) is 15.7. The number of amides is 1. The second kappa shape index (κ2) is 9.12. The quantitative estimate of drug-likeness (QED) is 0.414. The highest BCUT2D eigenvalue weighted by atomic mass is 32.2. The monoisotopic (exact) mass is 482 g/mol. The van der Waals surface area contributed by atoms with Crippen LogP contribution < -0.4 is 10.0 Å². The first-order valence-corrected chi connectivity index (χ1v) is 12.4. The molecular formula is C22H22N6O3S2. The summed E-state index contributed by atoms with van der Waals surface area (Å²) in [6, 6.07) is 13.8. The lowest BCUT2D eigenvalue weighted by Crippen LogP contribution is -2.21. The van der Waals surface area contributed by atoms with Gasteiger partial charge in [-0.25, -0.2) is 8.42 Å². The number of benzene rings is 2. The normalized spacial score (nSPS) is 11.4. The van der Waals surface area contributed by atoms with Crippen LogP contribution in [0, 0.1) is 20.8 Å². The minimum absolute atomic E-state index is 0.0437. The number of sulfonamides is 1.